The highest BCUT2D eigenvalue weighted by Crippen LogP contribution is 2.09. The van der Waals surface area contributed by atoms with Crippen molar-refractivity contribution < 1.29 is 9.18 Å². The molecule has 0 aliphatic carbocycles. The second kappa shape index (κ2) is 11.2. The van der Waals surface area contributed by atoms with Gasteiger partial charge in [-0.25, -0.2) is 4.39 Å². The summed E-state index contributed by atoms with van der Waals surface area (Å²) in [6, 6.07) is 6.35. The summed E-state index contributed by atoms with van der Waals surface area (Å²) < 4.78 is 12.9. The van der Waals surface area contributed by atoms with Crippen LogP contribution >= 0.6 is 24.0 Å². The zero-order valence-corrected chi connectivity index (χ0v) is 17.0. The summed E-state index contributed by atoms with van der Waals surface area (Å²) in [4.78, 5) is 15.8. The summed E-state index contributed by atoms with van der Waals surface area (Å²) in [5, 5.41) is 6.40. The summed E-state index contributed by atoms with van der Waals surface area (Å²) in [7, 11) is 1.68. The lowest BCUT2D eigenvalue weighted by atomic mass is 9.98. The third kappa shape index (κ3) is 7.94. The second-order valence-electron chi connectivity index (χ2n) is 6.06. The number of nitrogens with one attached hydrogen (secondary N) is 2. The van der Waals surface area contributed by atoms with Crippen LogP contribution in [0, 0.1) is 17.7 Å². The smallest absolute Gasteiger partial charge is 0.222 e. The Morgan fingerprint density at radius 2 is 1.83 bits per heavy atom. The molecule has 0 spiro atoms. The van der Waals surface area contributed by atoms with E-state index in [2.05, 4.69) is 36.4 Å². The summed E-state index contributed by atoms with van der Waals surface area (Å²) in [5.41, 5.74) is 6.35. The third-order valence-corrected chi connectivity index (χ3v) is 3.90. The average Bonchev–Trinajstić information content (AvgIpc) is 2.51. The molecule has 0 aliphatic rings. The van der Waals surface area contributed by atoms with Gasteiger partial charge in [-0.1, -0.05) is 26.0 Å². The van der Waals surface area contributed by atoms with Crippen molar-refractivity contribution in [1.29, 1.82) is 0 Å². The fourth-order valence-electron chi connectivity index (χ4n) is 1.98. The Hall–Kier alpha value is -1.38. The van der Waals surface area contributed by atoms with Crippen LogP contribution in [-0.4, -0.2) is 31.5 Å². The number of benzene rings is 1. The summed E-state index contributed by atoms with van der Waals surface area (Å²) in [5.74, 6) is 0.00795. The summed E-state index contributed by atoms with van der Waals surface area (Å²) in [6.45, 7) is 6.68. The van der Waals surface area contributed by atoms with E-state index in [9.17, 15) is 9.18 Å². The molecule has 0 heterocycles. The van der Waals surface area contributed by atoms with Gasteiger partial charge in [-0.05, 0) is 37.0 Å². The van der Waals surface area contributed by atoms with Gasteiger partial charge < -0.3 is 16.4 Å². The number of amides is 1. The van der Waals surface area contributed by atoms with Crippen LogP contribution < -0.4 is 16.4 Å². The van der Waals surface area contributed by atoms with Gasteiger partial charge in [0, 0.05) is 19.6 Å². The first-order valence-electron chi connectivity index (χ1n) is 7.84. The van der Waals surface area contributed by atoms with Crippen LogP contribution in [0.15, 0.2) is 29.3 Å². The molecule has 5 nitrogen and oxygen atoms in total. The zero-order valence-electron chi connectivity index (χ0n) is 14.7. The highest BCUT2D eigenvalue weighted by Gasteiger charge is 2.17. The maximum absolute atomic E-state index is 12.9. The number of nitrogens with two attached hydrogens (primary N) is 1. The molecule has 2 atom stereocenters. The number of guanidine groups is 1. The number of primary amides is 1. The van der Waals surface area contributed by atoms with Gasteiger partial charge in [0.05, 0.1) is 5.92 Å². The molecule has 0 aromatic heterocycles. The molecule has 1 amide bonds. The van der Waals surface area contributed by atoms with Crippen molar-refractivity contribution in [2.24, 2.45) is 22.6 Å². The highest BCUT2D eigenvalue weighted by molar-refractivity contribution is 14.0. The monoisotopic (exact) mass is 450 g/mol. The number of aliphatic imine (C=N–C) groups is 1. The quantitative estimate of drug-likeness (QED) is 0.339. The van der Waals surface area contributed by atoms with E-state index >= 15 is 0 Å². The van der Waals surface area contributed by atoms with Gasteiger partial charge in [-0.2, -0.15) is 0 Å². The number of hydrogen-bond acceptors (Lipinski definition) is 2. The Morgan fingerprint density at radius 1 is 1.25 bits per heavy atom. The maximum Gasteiger partial charge on any atom is 0.222 e. The maximum atomic E-state index is 12.9. The first-order valence-corrected chi connectivity index (χ1v) is 7.84. The molecule has 0 saturated heterocycles. The third-order valence-electron chi connectivity index (χ3n) is 3.90. The number of carbonyl (C=O) groups excluding carboxylic acids is 1. The second-order valence-corrected chi connectivity index (χ2v) is 6.06. The molecule has 0 saturated carbocycles. The van der Waals surface area contributed by atoms with Crippen molar-refractivity contribution in [1.82, 2.24) is 10.6 Å². The standard InChI is InChI=1S/C17H27FN4O.HI/c1-11(2)12(3)22-17(20-4)21-10-14(16(19)23)9-13-5-7-15(18)8-6-13;/h5-8,11-12,14H,9-10H2,1-4H3,(H2,19,23)(H2,20,21,22);1H. The Balaban J connectivity index is 0.00000529. The van der Waals surface area contributed by atoms with E-state index in [4.69, 9.17) is 5.73 Å². The summed E-state index contributed by atoms with van der Waals surface area (Å²) >= 11 is 0. The molecule has 136 valence electrons. The topological polar surface area (TPSA) is 79.5 Å². The van der Waals surface area contributed by atoms with Crippen LogP contribution in [0.2, 0.25) is 0 Å². The average molecular weight is 450 g/mol. The number of nitrogens with zero attached hydrogens (tertiary/aromatic N) is 1. The van der Waals surface area contributed by atoms with Crippen LogP contribution in [0.4, 0.5) is 4.39 Å². The molecule has 2 unspecified atom stereocenters. The van der Waals surface area contributed by atoms with E-state index in [0.29, 0.717) is 24.8 Å². The minimum Gasteiger partial charge on any atom is -0.369 e. The zero-order chi connectivity index (χ0) is 17.4. The van der Waals surface area contributed by atoms with Crippen LogP contribution in [0.25, 0.3) is 0 Å². The Bertz CT molecular complexity index is 534. The lowest BCUT2D eigenvalue weighted by Gasteiger charge is -2.22. The molecule has 0 aliphatic heterocycles. The highest BCUT2D eigenvalue weighted by atomic mass is 127. The lowest BCUT2D eigenvalue weighted by Crippen LogP contribution is -2.47. The molecule has 0 bridgehead atoms. The fourth-order valence-corrected chi connectivity index (χ4v) is 1.98. The van der Waals surface area contributed by atoms with Crippen molar-refractivity contribution >= 4 is 35.8 Å². The Morgan fingerprint density at radius 3 is 2.29 bits per heavy atom. The number of rotatable bonds is 7. The molecule has 7 heteroatoms. The number of hydrogen-bond donors (Lipinski definition) is 3. The van der Waals surface area contributed by atoms with E-state index in [-0.39, 0.29) is 35.8 Å². The molecule has 1 aromatic rings. The Labute approximate surface area is 160 Å². The van der Waals surface area contributed by atoms with E-state index < -0.39 is 11.8 Å². The number of halogens is 2. The largest absolute Gasteiger partial charge is 0.369 e. The van der Waals surface area contributed by atoms with E-state index in [1.165, 1.54) is 12.1 Å². The molecule has 0 fully saturated rings. The minimum atomic E-state index is -0.395. The number of carbonyl (C=O) groups is 1. The van der Waals surface area contributed by atoms with Gasteiger partial charge in [0.15, 0.2) is 5.96 Å². The van der Waals surface area contributed by atoms with E-state index in [1.807, 2.05) is 0 Å². The first-order chi connectivity index (χ1) is 10.8. The molecule has 1 rings (SSSR count). The predicted molar refractivity (Wildman–Crippen MR) is 107 cm³/mol. The van der Waals surface area contributed by atoms with Gasteiger partial charge in [0.1, 0.15) is 5.82 Å². The molecule has 24 heavy (non-hydrogen) atoms. The predicted octanol–water partition coefficient (Wildman–Crippen LogP) is 2.30. The van der Waals surface area contributed by atoms with Gasteiger partial charge in [-0.15, -0.1) is 24.0 Å². The molecule has 1 aromatic carbocycles. The first kappa shape index (κ1) is 22.6. The van der Waals surface area contributed by atoms with Crippen molar-refractivity contribution in [3.05, 3.63) is 35.6 Å². The van der Waals surface area contributed by atoms with Crippen molar-refractivity contribution in [2.45, 2.75) is 33.2 Å². The molecular weight excluding hydrogens is 422 g/mol. The van der Waals surface area contributed by atoms with Gasteiger partial charge in [0.2, 0.25) is 5.91 Å². The fraction of sp³-hybridized carbons (Fsp3) is 0.529. The molecular formula is C17H28FIN4O. The van der Waals surface area contributed by atoms with Crippen molar-refractivity contribution in [3.8, 4) is 0 Å². The normalized spacial score (nSPS) is 13.8. The van der Waals surface area contributed by atoms with Crippen molar-refractivity contribution in [3.63, 3.8) is 0 Å². The minimum absolute atomic E-state index is 0. The van der Waals surface area contributed by atoms with Gasteiger partial charge >= 0.3 is 0 Å². The molecule has 0 radical (unpaired) electrons. The summed E-state index contributed by atoms with van der Waals surface area (Å²) in [6.07, 6.45) is 0.458. The van der Waals surface area contributed by atoms with Crippen LogP contribution in [0.5, 0.6) is 0 Å². The van der Waals surface area contributed by atoms with Gasteiger partial charge in [0.25, 0.3) is 0 Å². The van der Waals surface area contributed by atoms with Crippen LogP contribution in [-0.2, 0) is 11.2 Å². The van der Waals surface area contributed by atoms with Crippen LogP contribution in [0.1, 0.15) is 26.3 Å². The van der Waals surface area contributed by atoms with Crippen molar-refractivity contribution in [2.75, 3.05) is 13.6 Å². The lowest BCUT2D eigenvalue weighted by molar-refractivity contribution is -0.121. The SMILES string of the molecule is CN=C(NCC(Cc1ccc(F)cc1)C(N)=O)NC(C)C(C)C.I. The van der Waals surface area contributed by atoms with Gasteiger partial charge in [-0.3, -0.25) is 9.79 Å². The molecule has 4 N–H and O–H groups in total. The van der Waals surface area contributed by atoms with E-state index in [0.717, 1.165) is 5.56 Å². The van der Waals surface area contributed by atoms with Crippen LogP contribution in [0.3, 0.4) is 0 Å². The van der Waals surface area contributed by atoms with E-state index in [1.54, 1.807) is 19.2 Å². The Kier molecular flexibility index (Phi) is 10.6.